The molecule has 0 aromatic rings. The molecule has 3 aliphatic carbocycles. The van der Waals surface area contributed by atoms with Gasteiger partial charge in [-0.05, 0) is 49.9 Å². The molecule has 1 heterocycles. The summed E-state index contributed by atoms with van der Waals surface area (Å²) >= 11 is 0. The Morgan fingerprint density at radius 3 is 2.39 bits per heavy atom. The smallest absolute Gasteiger partial charge is 0.177 e. The first-order chi connectivity index (χ1) is 13.4. The van der Waals surface area contributed by atoms with Crippen molar-refractivity contribution in [3.8, 4) is 0 Å². The van der Waals surface area contributed by atoms with Gasteiger partial charge in [-0.3, -0.25) is 0 Å². The first-order valence-corrected chi connectivity index (χ1v) is 11.7. The molecule has 1 saturated heterocycles. The lowest BCUT2D eigenvalue weighted by Crippen LogP contribution is -2.74. The zero-order chi connectivity index (χ0) is 19.9. The van der Waals surface area contributed by atoms with Crippen molar-refractivity contribution in [2.75, 3.05) is 13.2 Å². The minimum Gasteiger partial charge on any atom is -0.393 e. The Balaban J connectivity index is 1.55. The van der Waals surface area contributed by atoms with Gasteiger partial charge in [-0.1, -0.05) is 52.2 Å². The minimum atomic E-state index is -0.462. The SMILES string of the molecule is CC(C)CC1[C@H]2[C@H](/C=C/[C@@H](O)C3CCCCC3)[C@@H](O)CC[C@@]2(C)C12OCCO2. The molecule has 4 fully saturated rings. The summed E-state index contributed by atoms with van der Waals surface area (Å²) in [7, 11) is 0. The number of rotatable bonds is 5. The highest BCUT2D eigenvalue weighted by atomic mass is 16.7. The van der Waals surface area contributed by atoms with Crippen molar-refractivity contribution < 1.29 is 19.7 Å². The second-order valence-corrected chi connectivity index (χ2v) is 10.5. The van der Waals surface area contributed by atoms with Crippen LogP contribution in [0.15, 0.2) is 12.2 Å². The largest absolute Gasteiger partial charge is 0.393 e. The van der Waals surface area contributed by atoms with Gasteiger partial charge in [-0.25, -0.2) is 0 Å². The van der Waals surface area contributed by atoms with Crippen LogP contribution < -0.4 is 0 Å². The van der Waals surface area contributed by atoms with Crippen molar-refractivity contribution >= 4 is 0 Å². The van der Waals surface area contributed by atoms with Crippen LogP contribution in [0.2, 0.25) is 0 Å². The summed E-state index contributed by atoms with van der Waals surface area (Å²) < 4.78 is 12.6. The summed E-state index contributed by atoms with van der Waals surface area (Å²) in [6.07, 6.45) is 12.2. The van der Waals surface area contributed by atoms with Gasteiger partial charge in [0.15, 0.2) is 5.79 Å². The Morgan fingerprint density at radius 1 is 1.07 bits per heavy atom. The van der Waals surface area contributed by atoms with Crippen LogP contribution in [0.1, 0.15) is 72.1 Å². The third-order valence-electron chi connectivity index (χ3n) is 8.38. The van der Waals surface area contributed by atoms with E-state index < -0.39 is 5.79 Å². The van der Waals surface area contributed by atoms with E-state index in [-0.39, 0.29) is 23.5 Å². The summed E-state index contributed by atoms with van der Waals surface area (Å²) in [4.78, 5) is 0. The molecule has 0 aromatic carbocycles. The number of hydrogen-bond acceptors (Lipinski definition) is 4. The van der Waals surface area contributed by atoms with Gasteiger partial charge in [0.2, 0.25) is 0 Å². The van der Waals surface area contributed by atoms with Crippen LogP contribution in [0.5, 0.6) is 0 Å². The molecule has 2 N–H and O–H groups in total. The summed E-state index contributed by atoms with van der Waals surface area (Å²) in [5.74, 6) is 1.24. The minimum absolute atomic E-state index is 0.0485. The lowest BCUT2D eigenvalue weighted by Gasteiger charge is -2.69. The third kappa shape index (κ3) is 3.29. The van der Waals surface area contributed by atoms with Crippen molar-refractivity contribution in [3.63, 3.8) is 0 Å². The predicted molar refractivity (Wildman–Crippen MR) is 110 cm³/mol. The molecule has 4 nitrogen and oxygen atoms in total. The van der Waals surface area contributed by atoms with Crippen LogP contribution >= 0.6 is 0 Å². The summed E-state index contributed by atoms with van der Waals surface area (Å²) in [5, 5.41) is 21.6. The molecule has 1 spiro atoms. The van der Waals surface area contributed by atoms with E-state index in [1.54, 1.807) is 0 Å². The van der Waals surface area contributed by atoms with Crippen molar-refractivity contribution in [3.05, 3.63) is 12.2 Å². The Morgan fingerprint density at radius 2 is 1.75 bits per heavy atom. The molecule has 3 saturated carbocycles. The van der Waals surface area contributed by atoms with E-state index in [4.69, 9.17) is 9.47 Å². The van der Waals surface area contributed by atoms with E-state index in [1.807, 2.05) is 6.08 Å². The molecule has 28 heavy (non-hydrogen) atoms. The van der Waals surface area contributed by atoms with E-state index in [0.29, 0.717) is 36.9 Å². The fourth-order valence-corrected chi connectivity index (χ4v) is 7.06. The van der Waals surface area contributed by atoms with Gasteiger partial charge in [0, 0.05) is 17.3 Å². The van der Waals surface area contributed by atoms with Crippen LogP contribution in [0.3, 0.4) is 0 Å². The second kappa shape index (κ2) is 8.02. The van der Waals surface area contributed by atoms with Gasteiger partial charge in [0.1, 0.15) is 0 Å². The van der Waals surface area contributed by atoms with Crippen LogP contribution in [0, 0.1) is 35.0 Å². The van der Waals surface area contributed by atoms with E-state index >= 15 is 0 Å². The second-order valence-electron chi connectivity index (χ2n) is 10.5. The van der Waals surface area contributed by atoms with Crippen LogP contribution in [-0.2, 0) is 9.47 Å². The Kier molecular flexibility index (Phi) is 5.97. The van der Waals surface area contributed by atoms with E-state index in [2.05, 4.69) is 26.8 Å². The molecule has 0 radical (unpaired) electrons. The van der Waals surface area contributed by atoms with Gasteiger partial charge in [0.25, 0.3) is 0 Å². The molecule has 160 valence electrons. The third-order valence-corrected chi connectivity index (χ3v) is 8.38. The molecular weight excluding hydrogens is 352 g/mol. The maximum Gasteiger partial charge on any atom is 0.177 e. The van der Waals surface area contributed by atoms with Crippen molar-refractivity contribution in [2.45, 2.75) is 90.1 Å². The summed E-state index contributed by atoms with van der Waals surface area (Å²) in [6, 6.07) is 0. The van der Waals surface area contributed by atoms with E-state index in [0.717, 1.165) is 32.1 Å². The van der Waals surface area contributed by atoms with Gasteiger partial charge in [0.05, 0.1) is 25.4 Å². The fourth-order valence-electron chi connectivity index (χ4n) is 7.06. The van der Waals surface area contributed by atoms with Crippen molar-refractivity contribution in [1.82, 2.24) is 0 Å². The Bertz CT molecular complexity index is 561. The number of aliphatic hydroxyl groups excluding tert-OH is 2. The lowest BCUT2D eigenvalue weighted by atomic mass is 9.40. The van der Waals surface area contributed by atoms with Crippen molar-refractivity contribution in [2.24, 2.45) is 35.0 Å². The quantitative estimate of drug-likeness (QED) is 0.685. The van der Waals surface area contributed by atoms with Crippen LogP contribution in [0.25, 0.3) is 0 Å². The number of aliphatic hydroxyl groups is 2. The standard InChI is InChI=1S/C24H40O4/c1-16(2)15-19-22-18(9-10-20(25)17-7-5-4-6-8-17)21(26)11-12-23(22,3)24(19)27-13-14-28-24/h9-10,16-22,25-26H,4-8,11-15H2,1-3H3/b10-9+/t18-,19?,20-,21+,22-,23-/m1/s1. The monoisotopic (exact) mass is 392 g/mol. The highest BCUT2D eigenvalue weighted by Gasteiger charge is 2.75. The molecule has 0 amide bonds. The normalized spacial score (nSPS) is 42.1. The first kappa shape index (κ1) is 20.8. The zero-order valence-electron chi connectivity index (χ0n) is 18.0. The zero-order valence-corrected chi connectivity index (χ0v) is 18.0. The molecule has 4 rings (SSSR count). The molecule has 0 aromatic heterocycles. The van der Waals surface area contributed by atoms with E-state index in [9.17, 15) is 10.2 Å². The van der Waals surface area contributed by atoms with Gasteiger partial charge in [-0.2, -0.15) is 0 Å². The molecule has 1 unspecified atom stereocenters. The number of hydrogen-bond donors (Lipinski definition) is 2. The predicted octanol–water partition coefficient (Wildman–Crippen LogP) is 4.30. The first-order valence-electron chi connectivity index (χ1n) is 11.7. The maximum atomic E-state index is 10.9. The highest BCUT2D eigenvalue weighted by molar-refractivity contribution is 5.21. The van der Waals surface area contributed by atoms with Gasteiger partial charge in [-0.15, -0.1) is 0 Å². The van der Waals surface area contributed by atoms with Crippen LogP contribution in [0.4, 0.5) is 0 Å². The summed E-state index contributed by atoms with van der Waals surface area (Å²) in [5.41, 5.74) is -0.0485. The van der Waals surface area contributed by atoms with Gasteiger partial charge < -0.3 is 19.7 Å². The molecule has 0 bridgehead atoms. The average molecular weight is 393 g/mol. The summed E-state index contributed by atoms with van der Waals surface area (Å²) in [6.45, 7) is 8.19. The highest BCUT2D eigenvalue weighted by Crippen LogP contribution is 2.70. The van der Waals surface area contributed by atoms with Crippen LogP contribution in [-0.4, -0.2) is 41.4 Å². The number of ether oxygens (including phenoxy) is 2. The fraction of sp³-hybridized carbons (Fsp3) is 0.917. The lowest BCUT2D eigenvalue weighted by molar-refractivity contribution is -0.387. The molecule has 1 aliphatic heterocycles. The van der Waals surface area contributed by atoms with E-state index in [1.165, 1.54) is 19.3 Å². The average Bonchev–Trinajstić information content (AvgIpc) is 3.20. The Hall–Kier alpha value is -0.420. The molecule has 6 atom stereocenters. The molecular formula is C24H40O4. The Labute approximate surface area is 170 Å². The number of fused-ring (bicyclic) bond motifs is 2. The topological polar surface area (TPSA) is 58.9 Å². The maximum absolute atomic E-state index is 10.9. The molecule has 4 aliphatic rings. The van der Waals surface area contributed by atoms with Gasteiger partial charge >= 0.3 is 0 Å². The molecule has 4 heteroatoms. The van der Waals surface area contributed by atoms with Crippen molar-refractivity contribution in [1.29, 1.82) is 0 Å².